The number of hydrogen-bond donors (Lipinski definition) is 2. The molecule has 2 aromatic rings. The molecule has 1 aromatic heterocycles. The molecule has 0 bridgehead atoms. The van der Waals surface area contributed by atoms with E-state index < -0.39 is 6.10 Å². The Morgan fingerprint density at radius 2 is 2.24 bits per heavy atom. The molecule has 0 radical (unpaired) electrons. The number of fused-ring (bicyclic) bond motifs is 1. The van der Waals surface area contributed by atoms with Crippen LogP contribution in [0.3, 0.4) is 0 Å². The van der Waals surface area contributed by atoms with Crippen molar-refractivity contribution in [2.24, 2.45) is 0 Å². The molecule has 90 valence electrons. The van der Waals surface area contributed by atoms with Gasteiger partial charge in [0.25, 0.3) is 0 Å². The fraction of sp³-hybridized carbons (Fsp3) is 0.250. The average molecular weight is 299 g/mol. The van der Waals surface area contributed by atoms with Gasteiger partial charge in [0.1, 0.15) is 11.6 Å². The molecule has 0 aliphatic rings. The lowest BCUT2D eigenvalue weighted by atomic mass is 10.1. The minimum Gasteiger partial charge on any atom is -0.392 e. The summed E-state index contributed by atoms with van der Waals surface area (Å²) < 4.78 is 14.0. The molecule has 0 aliphatic carbocycles. The Balaban J connectivity index is 2.48. The van der Waals surface area contributed by atoms with Crippen LogP contribution in [0.15, 0.2) is 28.9 Å². The summed E-state index contributed by atoms with van der Waals surface area (Å²) in [6.07, 6.45) is 1.17. The molecule has 1 unspecified atom stereocenters. The zero-order chi connectivity index (χ0) is 12.4. The van der Waals surface area contributed by atoms with E-state index in [4.69, 9.17) is 0 Å². The van der Waals surface area contributed by atoms with Gasteiger partial charge in [0.05, 0.1) is 6.10 Å². The minimum atomic E-state index is -0.482. The molecule has 0 aliphatic heterocycles. The summed E-state index contributed by atoms with van der Waals surface area (Å²) in [7, 11) is 0. The van der Waals surface area contributed by atoms with Gasteiger partial charge in [-0.2, -0.15) is 0 Å². The van der Waals surface area contributed by atoms with E-state index in [0.29, 0.717) is 17.7 Å². The summed E-state index contributed by atoms with van der Waals surface area (Å²) in [6.45, 7) is 2.05. The molecule has 2 rings (SSSR count). The van der Waals surface area contributed by atoms with E-state index in [1.807, 2.05) is 0 Å². The van der Waals surface area contributed by atoms with E-state index in [1.165, 1.54) is 12.1 Å². The normalized spacial score (nSPS) is 12.7. The first-order valence-electron chi connectivity index (χ1n) is 5.23. The lowest BCUT2D eigenvalue weighted by Gasteiger charge is -2.11. The monoisotopic (exact) mass is 298 g/mol. The summed E-state index contributed by atoms with van der Waals surface area (Å²) in [4.78, 5) is 4.18. The third-order valence-electron chi connectivity index (χ3n) is 2.37. The van der Waals surface area contributed by atoms with Gasteiger partial charge in [-0.25, -0.2) is 9.37 Å². The van der Waals surface area contributed by atoms with Crippen molar-refractivity contribution in [2.75, 3.05) is 11.9 Å². The van der Waals surface area contributed by atoms with Gasteiger partial charge in [0.15, 0.2) is 0 Å². The largest absolute Gasteiger partial charge is 0.392 e. The Labute approximate surface area is 107 Å². The van der Waals surface area contributed by atoms with Crippen LogP contribution in [0.4, 0.5) is 10.2 Å². The Hall–Kier alpha value is -1.20. The molecular formula is C12H12BrFN2O. The van der Waals surface area contributed by atoms with Gasteiger partial charge in [-0.3, -0.25) is 0 Å². The lowest BCUT2D eigenvalue weighted by molar-refractivity contribution is 0.208. The number of halogens is 2. The molecule has 1 aromatic carbocycles. The van der Waals surface area contributed by atoms with Gasteiger partial charge in [-0.1, -0.05) is 6.07 Å². The molecule has 0 spiro atoms. The highest BCUT2D eigenvalue weighted by molar-refractivity contribution is 9.10. The third kappa shape index (κ3) is 2.73. The molecule has 3 nitrogen and oxygen atoms in total. The number of pyridine rings is 1. The topological polar surface area (TPSA) is 45.1 Å². The van der Waals surface area contributed by atoms with E-state index in [9.17, 15) is 9.50 Å². The van der Waals surface area contributed by atoms with Crippen LogP contribution in [0.2, 0.25) is 0 Å². The van der Waals surface area contributed by atoms with Crippen molar-refractivity contribution in [1.29, 1.82) is 0 Å². The number of aliphatic hydroxyl groups is 1. The maximum absolute atomic E-state index is 13.2. The number of nitrogens with zero attached hydrogens (tertiary/aromatic N) is 1. The second kappa shape index (κ2) is 4.98. The summed E-state index contributed by atoms with van der Waals surface area (Å²) in [5.74, 6) is 0.265. The smallest absolute Gasteiger partial charge is 0.134 e. The van der Waals surface area contributed by atoms with Crippen molar-refractivity contribution >= 4 is 32.5 Å². The number of rotatable bonds is 3. The second-order valence-corrected chi connectivity index (χ2v) is 4.73. The SMILES string of the molecule is CC(O)CNc1ncc(Br)c2ccc(F)cc12. The van der Waals surface area contributed by atoms with E-state index in [1.54, 1.807) is 19.2 Å². The molecule has 2 N–H and O–H groups in total. The summed E-state index contributed by atoms with van der Waals surface area (Å²) >= 11 is 3.37. The first-order chi connectivity index (χ1) is 8.08. The third-order valence-corrected chi connectivity index (χ3v) is 3.00. The van der Waals surface area contributed by atoms with Crippen LogP contribution in [-0.2, 0) is 0 Å². The van der Waals surface area contributed by atoms with E-state index >= 15 is 0 Å². The van der Waals surface area contributed by atoms with Crippen LogP contribution in [0, 0.1) is 5.82 Å². The molecule has 5 heteroatoms. The maximum atomic E-state index is 13.2. The molecule has 0 amide bonds. The average Bonchev–Trinajstić information content (AvgIpc) is 2.28. The van der Waals surface area contributed by atoms with Crippen LogP contribution < -0.4 is 5.32 Å². The molecular weight excluding hydrogens is 287 g/mol. The number of aliphatic hydroxyl groups excluding tert-OH is 1. The summed E-state index contributed by atoms with van der Waals surface area (Å²) in [6, 6.07) is 4.53. The van der Waals surface area contributed by atoms with Crippen molar-refractivity contribution in [1.82, 2.24) is 4.98 Å². The molecule has 0 fully saturated rings. The Bertz CT molecular complexity index is 545. The lowest BCUT2D eigenvalue weighted by Crippen LogP contribution is -2.16. The van der Waals surface area contributed by atoms with Crippen LogP contribution in [0.1, 0.15) is 6.92 Å². The Morgan fingerprint density at radius 1 is 1.47 bits per heavy atom. The highest BCUT2D eigenvalue weighted by atomic mass is 79.9. The number of anilines is 1. The summed E-state index contributed by atoms with van der Waals surface area (Å²) in [5.41, 5.74) is 0. The Morgan fingerprint density at radius 3 is 2.94 bits per heavy atom. The predicted molar refractivity (Wildman–Crippen MR) is 69.6 cm³/mol. The molecule has 0 saturated carbocycles. The van der Waals surface area contributed by atoms with Gasteiger partial charge in [0.2, 0.25) is 0 Å². The molecule has 1 atom stereocenters. The molecule has 0 saturated heterocycles. The molecule has 1 heterocycles. The zero-order valence-corrected chi connectivity index (χ0v) is 10.8. The maximum Gasteiger partial charge on any atom is 0.134 e. The fourth-order valence-electron chi connectivity index (χ4n) is 1.57. The molecule has 17 heavy (non-hydrogen) atoms. The van der Waals surface area contributed by atoms with E-state index in [0.717, 1.165) is 9.86 Å². The van der Waals surface area contributed by atoms with Crippen molar-refractivity contribution < 1.29 is 9.50 Å². The fourth-order valence-corrected chi connectivity index (χ4v) is 2.01. The van der Waals surface area contributed by atoms with Gasteiger partial charge in [-0.15, -0.1) is 0 Å². The van der Waals surface area contributed by atoms with Gasteiger partial charge >= 0.3 is 0 Å². The number of benzene rings is 1. The van der Waals surface area contributed by atoms with Gasteiger partial charge in [0, 0.05) is 28.0 Å². The number of nitrogens with one attached hydrogen (secondary N) is 1. The Kier molecular flexibility index (Phi) is 3.59. The zero-order valence-electron chi connectivity index (χ0n) is 9.24. The van der Waals surface area contributed by atoms with Crippen molar-refractivity contribution in [2.45, 2.75) is 13.0 Å². The second-order valence-electron chi connectivity index (χ2n) is 3.87. The van der Waals surface area contributed by atoms with Gasteiger partial charge < -0.3 is 10.4 Å². The van der Waals surface area contributed by atoms with Crippen molar-refractivity contribution in [3.05, 3.63) is 34.7 Å². The van der Waals surface area contributed by atoms with Crippen LogP contribution in [0.25, 0.3) is 10.8 Å². The number of hydrogen-bond acceptors (Lipinski definition) is 3. The first-order valence-corrected chi connectivity index (χ1v) is 6.03. The highest BCUT2D eigenvalue weighted by Crippen LogP contribution is 2.28. The highest BCUT2D eigenvalue weighted by Gasteiger charge is 2.07. The van der Waals surface area contributed by atoms with E-state index in [-0.39, 0.29) is 5.82 Å². The predicted octanol–water partition coefficient (Wildman–Crippen LogP) is 2.93. The van der Waals surface area contributed by atoms with Crippen LogP contribution >= 0.6 is 15.9 Å². The summed E-state index contributed by atoms with van der Waals surface area (Å²) in [5, 5.41) is 13.8. The van der Waals surface area contributed by atoms with E-state index in [2.05, 4.69) is 26.2 Å². The van der Waals surface area contributed by atoms with Crippen molar-refractivity contribution in [3.63, 3.8) is 0 Å². The number of aromatic nitrogens is 1. The van der Waals surface area contributed by atoms with Crippen molar-refractivity contribution in [3.8, 4) is 0 Å². The standard InChI is InChI=1S/C12H12BrFN2O/c1-7(17)5-15-12-10-4-8(14)2-3-9(10)11(13)6-16-12/h2-4,6-7,17H,5H2,1H3,(H,15,16). The van der Waals surface area contributed by atoms with Crippen LogP contribution in [0.5, 0.6) is 0 Å². The quantitative estimate of drug-likeness (QED) is 0.916. The minimum absolute atomic E-state index is 0.308. The van der Waals surface area contributed by atoms with Crippen LogP contribution in [-0.4, -0.2) is 22.7 Å². The van der Waals surface area contributed by atoms with Gasteiger partial charge in [-0.05, 0) is 35.0 Å². The first kappa shape index (κ1) is 12.3.